The van der Waals surface area contributed by atoms with Gasteiger partial charge in [0.25, 0.3) is 0 Å². The van der Waals surface area contributed by atoms with Crippen LogP contribution in [0.25, 0.3) is 11.1 Å². The maximum atomic E-state index is 11.5. The minimum absolute atomic E-state index is 0.174. The van der Waals surface area contributed by atoms with Crippen LogP contribution in [-0.2, 0) is 4.74 Å². The van der Waals surface area contributed by atoms with Crippen LogP contribution in [0.2, 0.25) is 5.02 Å². The van der Waals surface area contributed by atoms with Gasteiger partial charge < -0.3 is 4.74 Å². The molecular formula is C15H14BrClN2O2. The summed E-state index contributed by atoms with van der Waals surface area (Å²) in [4.78, 5) is 15.7. The van der Waals surface area contributed by atoms with Crippen molar-refractivity contribution in [3.05, 3.63) is 46.2 Å². The summed E-state index contributed by atoms with van der Waals surface area (Å²) in [6, 6.07) is 7.20. The number of carbonyl (C=O) groups is 1. The summed E-state index contributed by atoms with van der Waals surface area (Å²) in [5, 5.41) is 3.16. The fraction of sp³-hybridized carbons (Fsp3) is 0.200. The number of halogens is 2. The average Bonchev–Trinajstić information content (AvgIpc) is 2.37. The van der Waals surface area contributed by atoms with Crippen LogP contribution in [0, 0.1) is 0 Å². The Morgan fingerprint density at radius 1 is 1.33 bits per heavy atom. The SMILES string of the molecule is CC(C)OC(=O)Nc1ccc(-c2cncc(Br)c2)c(Cl)c1. The van der Waals surface area contributed by atoms with Crippen molar-refractivity contribution in [2.75, 3.05) is 5.32 Å². The molecule has 0 fully saturated rings. The molecule has 0 aliphatic heterocycles. The van der Waals surface area contributed by atoms with E-state index in [9.17, 15) is 4.79 Å². The molecule has 0 saturated carbocycles. The highest BCUT2D eigenvalue weighted by Crippen LogP contribution is 2.31. The second-order valence-corrected chi connectivity index (χ2v) is 5.99. The number of nitrogens with zero attached hydrogens (tertiary/aromatic N) is 1. The maximum Gasteiger partial charge on any atom is 0.411 e. The van der Waals surface area contributed by atoms with Crippen molar-refractivity contribution < 1.29 is 9.53 Å². The Kier molecular flexibility index (Phi) is 5.20. The van der Waals surface area contributed by atoms with Gasteiger partial charge in [-0.25, -0.2) is 4.79 Å². The standard InChI is InChI=1S/C15H14BrClN2O2/c1-9(2)21-15(20)19-12-3-4-13(14(17)6-12)10-5-11(16)8-18-7-10/h3-9H,1-2H3,(H,19,20). The van der Waals surface area contributed by atoms with E-state index in [1.165, 1.54) is 0 Å². The van der Waals surface area contributed by atoms with Gasteiger partial charge in [0.05, 0.1) is 11.1 Å². The molecule has 1 N–H and O–H groups in total. The number of benzene rings is 1. The van der Waals surface area contributed by atoms with Crippen molar-refractivity contribution >= 4 is 39.3 Å². The molecule has 1 heterocycles. The van der Waals surface area contributed by atoms with Gasteiger partial charge in [0, 0.05) is 33.7 Å². The first-order chi connectivity index (χ1) is 9.95. The van der Waals surface area contributed by atoms with E-state index < -0.39 is 6.09 Å². The lowest BCUT2D eigenvalue weighted by atomic mass is 10.1. The van der Waals surface area contributed by atoms with Crippen LogP contribution >= 0.6 is 27.5 Å². The number of pyridine rings is 1. The lowest BCUT2D eigenvalue weighted by Crippen LogP contribution is -2.17. The van der Waals surface area contributed by atoms with Crippen LogP contribution < -0.4 is 5.32 Å². The molecule has 1 aromatic carbocycles. The second-order valence-electron chi connectivity index (χ2n) is 4.67. The number of hydrogen-bond acceptors (Lipinski definition) is 3. The molecule has 0 bridgehead atoms. The van der Waals surface area contributed by atoms with Gasteiger partial charge in [0.15, 0.2) is 0 Å². The van der Waals surface area contributed by atoms with Gasteiger partial charge in [0.2, 0.25) is 0 Å². The van der Waals surface area contributed by atoms with E-state index >= 15 is 0 Å². The quantitative estimate of drug-likeness (QED) is 0.817. The van der Waals surface area contributed by atoms with Crippen LogP contribution in [0.1, 0.15) is 13.8 Å². The third-order valence-corrected chi connectivity index (χ3v) is 3.32. The van der Waals surface area contributed by atoms with Gasteiger partial charge >= 0.3 is 6.09 Å². The molecule has 0 unspecified atom stereocenters. The van der Waals surface area contributed by atoms with Gasteiger partial charge in [-0.15, -0.1) is 0 Å². The number of ether oxygens (including phenoxy) is 1. The number of amides is 1. The molecule has 0 saturated heterocycles. The van der Waals surface area contributed by atoms with E-state index in [0.29, 0.717) is 10.7 Å². The molecule has 0 aliphatic carbocycles. The first-order valence-electron chi connectivity index (χ1n) is 6.34. The van der Waals surface area contributed by atoms with Crippen LogP contribution in [0.3, 0.4) is 0 Å². The third kappa shape index (κ3) is 4.44. The molecule has 2 aromatic rings. The van der Waals surface area contributed by atoms with Gasteiger partial charge in [-0.2, -0.15) is 0 Å². The summed E-state index contributed by atoms with van der Waals surface area (Å²) in [6.45, 7) is 3.58. The Morgan fingerprint density at radius 3 is 2.71 bits per heavy atom. The summed E-state index contributed by atoms with van der Waals surface area (Å²) in [6.07, 6.45) is 2.76. The summed E-state index contributed by atoms with van der Waals surface area (Å²) in [5.74, 6) is 0. The molecule has 2 rings (SSSR count). The van der Waals surface area contributed by atoms with Gasteiger partial charge in [-0.3, -0.25) is 10.3 Å². The second kappa shape index (κ2) is 6.91. The number of anilines is 1. The summed E-state index contributed by atoms with van der Waals surface area (Å²) >= 11 is 9.65. The minimum Gasteiger partial charge on any atom is -0.447 e. The lowest BCUT2D eigenvalue weighted by molar-refractivity contribution is 0.130. The largest absolute Gasteiger partial charge is 0.447 e. The average molecular weight is 370 g/mol. The number of carbonyl (C=O) groups excluding carboxylic acids is 1. The Morgan fingerprint density at radius 2 is 2.10 bits per heavy atom. The number of nitrogens with one attached hydrogen (secondary N) is 1. The number of aromatic nitrogens is 1. The fourth-order valence-electron chi connectivity index (χ4n) is 1.75. The molecule has 0 atom stereocenters. The zero-order valence-corrected chi connectivity index (χ0v) is 13.9. The van der Waals surface area contributed by atoms with Gasteiger partial charge in [-0.1, -0.05) is 17.7 Å². The Labute approximate surface area is 136 Å². The molecule has 4 nitrogen and oxygen atoms in total. The maximum absolute atomic E-state index is 11.5. The van der Waals surface area contributed by atoms with Crippen molar-refractivity contribution in [3.8, 4) is 11.1 Å². The topological polar surface area (TPSA) is 51.2 Å². The van der Waals surface area contributed by atoms with Crippen molar-refractivity contribution in [1.82, 2.24) is 4.98 Å². The van der Waals surface area contributed by atoms with E-state index in [1.807, 2.05) is 12.1 Å². The Balaban J connectivity index is 2.20. The van der Waals surface area contributed by atoms with Crippen LogP contribution in [-0.4, -0.2) is 17.2 Å². The highest BCUT2D eigenvalue weighted by molar-refractivity contribution is 9.10. The molecule has 0 aliphatic rings. The monoisotopic (exact) mass is 368 g/mol. The van der Waals surface area contributed by atoms with Crippen molar-refractivity contribution in [2.24, 2.45) is 0 Å². The Bertz CT molecular complexity index is 662. The van der Waals surface area contributed by atoms with Crippen LogP contribution in [0.15, 0.2) is 41.1 Å². The van der Waals surface area contributed by atoms with Gasteiger partial charge in [0.1, 0.15) is 0 Å². The molecule has 1 aromatic heterocycles. The van der Waals surface area contributed by atoms with Crippen LogP contribution in [0.5, 0.6) is 0 Å². The molecule has 1 amide bonds. The van der Waals surface area contributed by atoms with Crippen molar-refractivity contribution in [2.45, 2.75) is 20.0 Å². The van der Waals surface area contributed by atoms with Gasteiger partial charge in [-0.05, 0) is 48.0 Å². The highest BCUT2D eigenvalue weighted by Gasteiger charge is 2.09. The number of hydrogen-bond donors (Lipinski definition) is 1. The molecular weight excluding hydrogens is 356 g/mol. The predicted octanol–water partition coefficient (Wildman–Crippen LogP) is 5.12. The van der Waals surface area contributed by atoms with Crippen molar-refractivity contribution in [1.29, 1.82) is 0 Å². The molecule has 21 heavy (non-hydrogen) atoms. The zero-order chi connectivity index (χ0) is 15.4. The molecule has 110 valence electrons. The summed E-state index contributed by atoms with van der Waals surface area (Å²) in [5.41, 5.74) is 2.32. The van der Waals surface area contributed by atoms with E-state index in [2.05, 4.69) is 26.2 Å². The first kappa shape index (κ1) is 15.8. The smallest absolute Gasteiger partial charge is 0.411 e. The molecule has 6 heteroatoms. The molecule has 0 radical (unpaired) electrons. The fourth-order valence-corrected chi connectivity index (χ4v) is 2.40. The van der Waals surface area contributed by atoms with E-state index in [0.717, 1.165) is 15.6 Å². The predicted molar refractivity (Wildman–Crippen MR) is 87.6 cm³/mol. The normalized spacial score (nSPS) is 10.5. The summed E-state index contributed by atoms with van der Waals surface area (Å²) < 4.78 is 5.89. The summed E-state index contributed by atoms with van der Waals surface area (Å²) in [7, 11) is 0. The number of rotatable bonds is 3. The third-order valence-electron chi connectivity index (χ3n) is 2.57. The lowest BCUT2D eigenvalue weighted by Gasteiger charge is -2.11. The molecule has 0 spiro atoms. The zero-order valence-electron chi connectivity index (χ0n) is 11.6. The van der Waals surface area contributed by atoms with Crippen LogP contribution in [0.4, 0.5) is 10.5 Å². The first-order valence-corrected chi connectivity index (χ1v) is 7.51. The van der Waals surface area contributed by atoms with E-state index in [-0.39, 0.29) is 6.10 Å². The van der Waals surface area contributed by atoms with E-state index in [4.69, 9.17) is 16.3 Å². The van der Waals surface area contributed by atoms with E-state index in [1.54, 1.807) is 38.4 Å². The Hall–Kier alpha value is -1.59. The minimum atomic E-state index is -0.502. The van der Waals surface area contributed by atoms with Crippen molar-refractivity contribution in [3.63, 3.8) is 0 Å². The highest BCUT2D eigenvalue weighted by atomic mass is 79.9.